The van der Waals surface area contributed by atoms with Gasteiger partial charge in [0.05, 0.1) is 0 Å². The van der Waals surface area contributed by atoms with Crippen molar-refractivity contribution in [3.8, 4) is 5.82 Å². The normalized spacial score (nSPS) is 15.8. The molecule has 1 fully saturated rings. The van der Waals surface area contributed by atoms with Crippen molar-refractivity contribution < 1.29 is 8.42 Å². The molecule has 4 rings (SSSR count). The molecule has 0 aliphatic carbocycles. The minimum atomic E-state index is -3.52. The number of hydrogen-bond donors (Lipinski definition) is 0. The predicted molar refractivity (Wildman–Crippen MR) is 99.1 cm³/mol. The summed E-state index contributed by atoms with van der Waals surface area (Å²) < 4.78 is 28.8. The topological polar surface area (TPSA) is 97.1 Å². The van der Waals surface area contributed by atoms with Gasteiger partial charge in [0.2, 0.25) is 10.0 Å². The van der Waals surface area contributed by atoms with Crippen LogP contribution in [-0.2, 0) is 10.0 Å². The van der Waals surface area contributed by atoms with Gasteiger partial charge in [0.25, 0.3) is 0 Å². The van der Waals surface area contributed by atoms with E-state index in [-0.39, 0.29) is 4.90 Å². The standard InChI is InChI=1S/C17H19N7O2S/c1-14-20-16(11-17(21-14)23-6-5-19-13-23)22-7-9-24(10-8-22)27(25,26)15-3-2-4-18-12-15/h2-6,11-13H,7-10H2,1H3. The Hall–Kier alpha value is -2.85. The third kappa shape index (κ3) is 3.53. The maximum atomic E-state index is 12.7. The van der Waals surface area contributed by atoms with Gasteiger partial charge in [-0.25, -0.2) is 23.4 Å². The lowest BCUT2D eigenvalue weighted by Gasteiger charge is -2.34. The lowest BCUT2D eigenvalue weighted by Crippen LogP contribution is -2.49. The zero-order valence-electron chi connectivity index (χ0n) is 14.8. The minimum absolute atomic E-state index is 0.221. The van der Waals surface area contributed by atoms with Crippen LogP contribution in [0.3, 0.4) is 0 Å². The van der Waals surface area contributed by atoms with Crippen LogP contribution < -0.4 is 4.90 Å². The molecule has 0 amide bonds. The van der Waals surface area contributed by atoms with Crippen LogP contribution in [0.1, 0.15) is 5.82 Å². The summed E-state index contributed by atoms with van der Waals surface area (Å²) in [4.78, 5) is 19.2. The van der Waals surface area contributed by atoms with Crippen molar-refractivity contribution in [1.29, 1.82) is 0 Å². The highest BCUT2D eigenvalue weighted by molar-refractivity contribution is 7.89. The number of anilines is 1. The Morgan fingerprint density at radius 3 is 2.44 bits per heavy atom. The van der Waals surface area contributed by atoms with Crippen molar-refractivity contribution in [1.82, 2.24) is 28.8 Å². The van der Waals surface area contributed by atoms with Crippen LogP contribution in [0, 0.1) is 6.92 Å². The Balaban J connectivity index is 1.52. The molecule has 1 aliphatic heterocycles. The molecule has 4 heterocycles. The number of imidazole rings is 1. The summed E-state index contributed by atoms with van der Waals surface area (Å²) in [6.07, 6.45) is 8.15. The number of sulfonamides is 1. The molecule has 1 aliphatic rings. The Morgan fingerprint density at radius 1 is 1.00 bits per heavy atom. The summed E-state index contributed by atoms with van der Waals surface area (Å²) in [6, 6.07) is 5.09. The summed E-state index contributed by atoms with van der Waals surface area (Å²) >= 11 is 0. The minimum Gasteiger partial charge on any atom is -0.354 e. The highest BCUT2D eigenvalue weighted by atomic mass is 32.2. The van der Waals surface area contributed by atoms with Crippen LogP contribution >= 0.6 is 0 Å². The summed E-state index contributed by atoms with van der Waals surface area (Å²) in [5, 5.41) is 0. The van der Waals surface area contributed by atoms with E-state index in [4.69, 9.17) is 0 Å². The Morgan fingerprint density at radius 2 is 1.78 bits per heavy atom. The van der Waals surface area contributed by atoms with Crippen LogP contribution in [0.4, 0.5) is 5.82 Å². The van der Waals surface area contributed by atoms with Gasteiger partial charge >= 0.3 is 0 Å². The first-order valence-corrected chi connectivity index (χ1v) is 9.97. The molecular weight excluding hydrogens is 366 g/mol. The number of rotatable bonds is 4. The van der Waals surface area contributed by atoms with E-state index in [9.17, 15) is 8.42 Å². The number of hydrogen-bond acceptors (Lipinski definition) is 7. The number of pyridine rings is 1. The fourth-order valence-electron chi connectivity index (χ4n) is 3.03. The van der Waals surface area contributed by atoms with Gasteiger partial charge in [0.15, 0.2) is 0 Å². The van der Waals surface area contributed by atoms with Gasteiger partial charge in [0, 0.05) is 57.0 Å². The number of aromatic nitrogens is 5. The average Bonchev–Trinajstić information content (AvgIpc) is 3.23. The van der Waals surface area contributed by atoms with Gasteiger partial charge in [-0.2, -0.15) is 4.31 Å². The van der Waals surface area contributed by atoms with Crippen molar-refractivity contribution in [3.05, 3.63) is 55.1 Å². The summed E-state index contributed by atoms with van der Waals surface area (Å²) in [5.41, 5.74) is 0. The third-order valence-corrected chi connectivity index (χ3v) is 6.30. The predicted octanol–water partition coefficient (Wildman–Crippen LogP) is 0.877. The van der Waals surface area contributed by atoms with Crippen molar-refractivity contribution in [2.45, 2.75) is 11.8 Å². The van der Waals surface area contributed by atoms with Crippen LogP contribution in [0.5, 0.6) is 0 Å². The number of nitrogens with zero attached hydrogens (tertiary/aromatic N) is 7. The highest BCUT2D eigenvalue weighted by Gasteiger charge is 2.29. The Bertz CT molecular complexity index is 1010. The van der Waals surface area contributed by atoms with Crippen LogP contribution in [0.25, 0.3) is 5.82 Å². The van der Waals surface area contributed by atoms with E-state index in [2.05, 4.69) is 24.8 Å². The number of aryl methyl sites for hydroxylation is 1. The zero-order valence-corrected chi connectivity index (χ0v) is 15.6. The molecule has 9 nitrogen and oxygen atoms in total. The average molecular weight is 385 g/mol. The van der Waals surface area contributed by atoms with E-state index in [1.807, 2.05) is 23.8 Å². The molecular formula is C17H19N7O2S. The van der Waals surface area contributed by atoms with Crippen LogP contribution in [0.15, 0.2) is 54.2 Å². The molecule has 0 aromatic carbocycles. The monoisotopic (exact) mass is 385 g/mol. The first-order chi connectivity index (χ1) is 13.0. The fraction of sp³-hybridized carbons (Fsp3) is 0.294. The first-order valence-electron chi connectivity index (χ1n) is 8.53. The van der Waals surface area contributed by atoms with E-state index in [1.54, 1.807) is 30.9 Å². The molecule has 10 heteroatoms. The molecule has 0 saturated carbocycles. The molecule has 0 spiro atoms. The lowest BCUT2D eigenvalue weighted by molar-refractivity contribution is 0.383. The Kier molecular flexibility index (Phi) is 4.58. The molecule has 27 heavy (non-hydrogen) atoms. The van der Waals surface area contributed by atoms with Gasteiger partial charge in [-0.3, -0.25) is 9.55 Å². The first kappa shape index (κ1) is 17.6. The van der Waals surface area contributed by atoms with Crippen molar-refractivity contribution in [2.75, 3.05) is 31.1 Å². The SMILES string of the molecule is Cc1nc(N2CCN(S(=O)(=O)c3cccnc3)CC2)cc(-n2ccnc2)n1. The molecule has 1 saturated heterocycles. The molecule has 0 atom stereocenters. The van der Waals surface area contributed by atoms with E-state index in [0.29, 0.717) is 32.0 Å². The third-order valence-electron chi connectivity index (χ3n) is 4.41. The van der Waals surface area contributed by atoms with Crippen molar-refractivity contribution in [3.63, 3.8) is 0 Å². The van der Waals surface area contributed by atoms with Crippen LogP contribution in [-0.4, -0.2) is 63.4 Å². The van der Waals surface area contributed by atoms with Crippen molar-refractivity contribution >= 4 is 15.8 Å². The molecule has 0 N–H and O–H groups in total. The smallest absolute Gasteiger partial charge is 0.244 e. The van der Waals surface area contributed by atoms with Gasteiger partial charge in [-0.1, -0.05) is 0 Å². The highest BCUT2D eigenvalue weighted by Crippen LogP contribution is 2.21. The largest absolute Gasteiger partial charge is 0.354 e. The van der Waals surface area contributed by atoms with E-state index < -0.39 is 10.0 Å². The van der Waals surface area contributed by atoms with Gasteiger partial charge in [-0.15, -0.1) is 0 Å². The van der Waals surface area contributed by atoms with E-state index in [0.717, 1.165) is 11.6 Å². The molecule has 0 bridgehead atoms. The second-order valence-electron chi connectivity index (χ2n) is 6.18. The maximum absolute atomic E-state index is 12.7. The van der Waals surface area contributed by atoms with Gasteiger partial charge in [0.1, 0.15) is 28.7 Å². The summed E-state index contributed by atoms with van der Waals surface area (Å²) in [6.45, 7) is 3.73. The maximum Gasteiger partial charge on any atom is 0.244 e. The molecule has 3 aromatic rings. The number of piperazine rings is 1. The molecule has 0 unspecified atom stereocenters. The van der Waals surface area contributed by atoms with E-state index in [1.165, 1.54) is 10.5 Å². The summed E-state index contributed by atoms with van der Waals surface area (Å²) in [7, 11) is -3.52. The zero-order chi connectivity index (χ0) is 18.9. The van der Waals surface area contributed by atoms with Crippen LogP contribution in [0.2, 0.25) is 0 Å². The molecule has 3 aromatic heterocycles. The van der Waals surface area contributed by atoms with Gasteiger partial charge < -0.3 is 4.90 Å². The lowest BCUT2D eigenvalue weighted by atomic mass is 10.3. The molecule has 0 radical (unpaired) electrons. The summed E-state index contributed by atoms with van der Waals surface area (Å²) in [5.74, 6) is 2.17. The second-order valence-corrected chi connectivity index (χ2v) is 8.12. The van der Waals surface area contributed by atoms with E-state index >= 15 is 0 Å². The quantitative estimate of drug-likeness (QED) is 0.657. The Labute approximate surface area is 157 Å². The molecule has 140 valence electrons. The van der Waals surface area contributed by atoms with Crippen molar-refractivity contribution in [2.24, 2.45) is 0 Å². The van der Waals surface area contributed by atoms with Gasteiger partial charge in [-0.05, 0) is 19.1 Å². The second kappa shape index (κ2) is 7.05. The fourth-order valence-corrected chi connectivity index (χ4v) is 4.42.